The molecule has 1 fully saturated rings. The lowest BCUT2D eigenvalue weighted by Crippen LogP contribution is -2.42. The standard InChI is InChI=1S/C15H20N2O4/c18-14(19)7-6-11-3-1-4-12(9-11)16-15(20)17-13-5-2-8-21-10-13/h1,3-4,9,13H,2,5-8,10H2,(H,18,19)(H2,16,17,20). The van der Waals surface area contributed by atoms with E-state index in [2.05, 4.69) is 10.6 Å². The molecule has 1 saturated heterocycles. The van der Waals surface area contributed by atoms with Crippen LogP contribution in [-0.4, -0.2) is 36.4 Å². The minimum Gasteiger partial charge on any atom is -0.481 e. The number of benzene rings is 1. The van der Waals surface area contributed by atoms with Gasteiger partial charge in [-0.25, -0.2) is 4.79 Å². The van der Waals surface area contributed by atoms with E-state index in [9.17, 15) is 9.59 Å². The quantitative estimate of drug-likeness (QED) is 0.774. The van der Waals surface area contributed by atoms with Crippen molar-refractivity contribution in [1.82, 2.24) is 5.32 Å². The van der Waals surface area contributed by atoms with Gasteiger partial charge in [0.25, 0.3) is 0 Å². The number of urea groups is 1. The molecule has 0 spiro atoms. The first-order chi connectivity index (χ1) is 10.1. The third-order valence-corrected chi connectivity index (χ3v) is 3.31. The lowest BCUT2D eigenvalue weighted by molar-refractivity contribution is -0.136. The molecule has 0 radical (unpaired) electrons. The molecule has 2 amide bonds. The smallest absolute Gasteiger partial charge is 0.319 e. The molecular weight excluding hydrogens is 272 g/mol. The average Bonchev–Trinajstić information content (AvgIpc) is 2.46. The van der Waals surface area contributed by atoms with Gasteiger partial charge in [0, 0.05) is 18.7 Å². The van der Waals surface area contributed by atoms with Gasteiger partial charge in [-0.2, -0.15) is 0 Å². The van der Waals surface area contributed by atoms with E-state index < -0.39 is 5.97 Å². The molecule has 1 aromatic rings. The normalized spacial score (nSPS) is 18.0. The van der Waals surface area contributed by atoms with Gasteiger partial charge in [0.05, 0.1) is 12.6 Å². The van der Waals surface area contributed by atoms with E-state index in [1.807, 2.05) is 6.07 Å². The van der Waals surface area contributed by atoms with Crippen molar-refractivity contribution in [3.63, 3.8) is 0 Å². The number of carboxylic acids is 1. The number of carbonyl (C=O) groups excluding carboxylic acids is 1. The summed E-state index contributed by atoms with van der Waals surface area (Å²) < 4.78 is 5.31. The maximum Gasteiger partial charge on any atom is 0.319 e. The number of hydrogen-bond donors (Lipinski definition) is 3. The molecule has 0 bridgehead atoms. The molecule has 0 saturated carbocycles. The summed E-state index contributed by atoms with van der Waals surface area (Å²) >= 11 is 0. The first-order valence-electron chi connectivity index (χ1n) is 7.09. The summed E-state index contributed by atoms with van der Waals surface area (Å²) in [6.07, 6.45) is 2.40. The van der Waals surface area contributed by atoms with Gasteiger partial charge in [0.15, 0.2) is 0 Å². The molecule has 3 N–H and O–H groups in total. The van der Waals surface area contributed by atoms with Crippen LogP contribution in [0.25, 0.3) is 0 Å². The van der Waals surface area contributed by atoms with E-state index in [0.29, 0.717) is 18.7 Å². The van der Waals surface area contributed by atoms with Crippen molar-refractivity contribution in [1.29, 1.82) is 0 Å². The Morgan fingerprint density at radius 1 is 1.38 bits per heavy atom. The van der Waals surface area contributed by atoms with Gasteiger partial charge >= 0.3 is 12.0 Å². The minimum atomic E-state index is -0.830. The van der Waals surface area contributed by atoms with Crippen LogP contribution in [0.3, 0.4) is 0 Å². The zero-order valence-electron chi connectivity index (χ0n) is 11.8. The van der Waals surface area contributed by atoms with E-state index >= 15 is 0 Å². The molecule has 1 aliphatic rings. The highest BCUT2D eigenvalue weighted by Crippen LogP contribution is 2.13. The van der Waals surface area contributed by atoms with Crippen LogP contribution in [0.15, 0.2) is 24.3 Å². The third-order valence-electron chi connectivity index (χ3n) is 3.31. The Bertz CT molecular complexity index is 498. The summed E-state index contributed by atoms with van der Waals surface area (Å²) in [4.78, 5) is 22.5. The maximum absolute atomic E-state index is 11.9. The maximum atomic E-state index is 11.9. The van der Waals surface area contributed by atoms with Crippen LogP contribution in [-0.2, 0) is 16.0 Å². The summed E-state index contributed by atoms with van der Waals surface area (Å²) in [6, 6.07) is 7.01. The number of aliphatic carboxylic acids is 1. The molecule has 6 nitrogen and oxygen atoms in total. The molecule has 114 valence electrons. The summed E-state index contributed by atoms with van der Waals surface area (Å²) in [5.74, 6) is -0.830. The lowest BCUT2D eigenvalue weighted by atomic mass is 10.1. The molecule has 1 atom stereocenters. The molecule has 6 heteroatoms. The molecule has 1 aromatic carbocycles. The van der Waals surface area contributed by atoms with E-state index in [0.717, 1.165) is 25.0 Å². The molecule has 21 heavy (non-hydrogen) atoms. The highest BCUT2D eigenvalue weighted by Gasteiger charge is 2.16. The molecule has 1 heterocycles. The van der Waals surface area contributed by atoms with Gasteiger partial charge in [-0.15, -0.1) is 0 Å². The monoisotopic (exact) mass is 292 g/mol. The van der Waals surface area contributed by atoms with Crippen molar-refractivity contribution in [2.45, 2.75) is 31.7 Å². The van der Waals surface area contributed by atoms with Crippen LogP contribution in [0, 0.1) is 0 Å². The molecule has 0 aliphatic carbocycles. The Balaban J connectivity index is 1.85. The van der Waals surface area contributed by atoms with Gasteiger partial charge in [0.2, 0.25) is 0 Å². The number of rotatable bonds is 5. The lowest BCUT2D eigenvalue weighted by Gasteiger charge is -2.23. The Labute approximate surface area is 123 Å². The second kappa shape index (κ2) is 7.64. The largest absolute Gasteiger partial charge is 0.481 e. The van der Waals surface area contributed by atoms with Crippen molar-refractivity contribution >= 4 is 17.7 Å². The van der Waals surface area contributed by atoms with Crippen LogP contribution in [0.4, 0.5) is 10.5 Å². The van der Waals surface area contributed by atoms with Gasteiger partial charge in [-0.1, -0.05) is 12.1 Å². The topological polar surface area (TPSA) is 87.7 Å². The number of carbonyl (C=O) groups is 2. The number of amides is 2. The third kappa shape index (κ3) is 5.43. The van der Waals surface area contributed by atoms with Crippen LogP contribution in [0.1, 0.15) is 24.8 Å². The van der Waals surface area contributed by atoms with Crippen LogP contribution >= 0.6 is 0 Å². The number of nitrogens with one attached hydrogen (secondary N) is 2. The second-order valence-electron chi connectivity index (χ2n) is 5.11. The van der Waals surface area contributed by atoms with Crippen LogP contribution < -0.4 is 10.6 Å². The average molecular weight is 292 g/mol. The zero-order chi connectivity index (χ0) is 15.1. The van der Waals surface area contributed by atoms with Gasteiger partial charge in [-0.3, -0.25) is 4.79 Å². The number of carboxylic acid groups (broad SMARTS) is 1. The Morgan fingerprint density at radius 2 is 2.24 bits per heavy atom. The fraction of sp³-hybridized carbons (Fsp3) is 0.467. The van der Waals surface area contributed by atoms with Crippen molar-refractivity contribution in [3.05, 3.63) is 29.8 Å². The summed E-state index contributed by atoms with van der Waals surface area (Å²) in [5.41, 5.74) is 1.54. The van der Waals surface area contributed by atoms with Gasteiger partial charge < -0.3 is 20.5 Å². The number of hydrogen-bond acceptors (Lipinski definition) is 3. The molecule has 1 aliphatic heterocycles. The highest BCUT2D eigenvalue weighted by atomic mass is 16.5. The van der Waals surface area contributed by atoms with E-state index in [1.165, 1.54) is 0 Å². The molecular formula is C15H20N2O4. The molecule has 0 aromatic heterocycles. The summed E-state index contributed by atoms with van der Waals surface area (Å²) in [5, 5.41) is 14.3. The number of aryl methyl sites for hydroxylation is 1. The first-order valence-corrected chi connectivity index (χ1v) is 7.09. The van der Waals surface area contributed by atoms with Crippen molar-refractivity contribution in [2.75, 3.05) is 18.5 Å². The second-order valence-corrected chi connectivity index (χ2v) is 5.11. The first kappa shape index (κ1) is 15.3. The Morgan fingerprint density at radius 3 is 2.95 bits per heavy atom. The van der Waals surface area contributed by atoms with Crippen LogP contribution in [0.5, 0.6) is 0 Å². The number of anilines is 1. The fourth-order valence-electron chi connectivity index (χ4n) is 2.26. The molecule has 2 rings (SSSR count). The van der Waals surface area contributed by atoms with E-state index in [1.54, 1.807) is 18.2 Å². The predicted octanol–water partition coefficient (Wildman–Crippen LogP) is 2.00. The Hall–Kier alpha value is -2.08. The van der Waals surface area contributed by atoms with Gasteiger partial charge in [0.1, 0.15) is 0 Å². The van der Waals surface area contributed by atoms with Crippen molar-refractivity contribution in [3.8, 4) is 0 Å². The van der Waals surface area contributed by atoms with Crippen molar-refractivity contribution in [2.24, 2.45) is 0 Å². The van der Waals surface area contributed by atoms with E-state index in [-0.39, 0.29) is 18.5 Å². The SMILES string of the molecule is O=C(O)CCc1cccc(NC(=O)NC2CCCOC2)c1. The van der Waals surface area contributed by atoms with Crippen molar-refractivity contribution < 1.29 is 19.4 Å². The Kier molecular flexibility index (Phi) is 5.57. The van der Waals surface area contributed by atoms with E-state index in [4.69, 9.17) is 9.84 Å². The number of ether oxygens (including phenoxy) is 1. The zero-order valence-corrected chi connectivity index (χ0v) is 11.8. The fourth-order valence-corrected chi connectivity index (χ4v) is 2.26. The predicted molar refractivity (Wildman–Crippen MR) is 78.4 cm³/mol. The summed E-state index contributed by atoms with van der Waals surface area (Å²) in [6.45, 7) is 1.30. The van der Waals surface area contributed by atoms with Crippen LogP contribution in [0.2, 0.25) is 0 Å². The van der Waals surface area contributed by atoms with Gasteiger partial charge in [-0.05, 0) is 37.0 Å². The summed E-state index contributed by atoms with van der Waals surface area (Å²) in [7, 11) is 0. The highest BCUT2D eigenvalue weighted by molar-refractivity contribution is 5.89. The minimum absolute atomic E-state index is 0.0499. The molecule has 1 unspecified atom stereocenters.